The summed E-state index contributed by atoms with van der Waals surface area (Å²) >= 11 is 0. The molecule has 200 valence electrons. The molecule has 3 N–H and O–H groups in total. The number of benzene rings is 1. The number of hydrogen-bond donors (Lipinski definition) is 3. The summed E-state index contributed by atoms with van der Waals surface area (Å²) in [5, 5.41) is 25.8. The van der Waals surface area contributed by atoms with Gasteiger partial charge in [-0.15, -0.1) is 0 Å². The number of hydrogen-bond acceptors (Lipinski definition) is 8. The topological polar surface area (TPSA) is 138 Å². The van der Waals surface area contributed by atoms with Gasteiger partial charge in [-0.05, 0) is 43.4 Å². The summed E-state index contributed by atoms with van der Waals surface area (Å²) in [6.45, 7) is 0.0471. The lowest BCUT2D eigenvalue weighted by Gasteiger charge is -2.45. The van der Waals surface area contributed by atoms with Crippen LogP contribution in [0.1, 0.15) is 56.9 Å². The Labute approximate surface area is 216 Å². The number of hydrazone groups is 1. The lowest BCUT2D eigenvalue weighted by Crippen LogP contribution is -2.55. The smallest absolute Gasteiger partial charge is 0.428 e. The third-order valence-corrected chi connectivity index (χ3v) is 8.57. The number of carbonyl (C=O) groups excluding carboxylic acids is 3. The van der Waals surface area contributed by atoms with Gasteiger partial charge in [0.05, 0.1) is 31.2 Å². The molecule has 0 radical (unpaired) electrons. The molecule has 37 heavy (non-hydrogen) atoms. The molecular formula is C27H35N3O7. The Morgan fingerprint density at radius 3 is 2.43 bits per heavy atom. The lowest BCUT2D eigenvalue weighted by atomic mass is 9.60. The van der Waals surface area contributed by atoms with E-state index in [1.807, 2.05) is 0 Å². The summed E-state index contributed by atoms with van der Waals surface area (Å²) in [5.41, 5.74) is 3.70. The predicted octanol–water partition coefficient (Wildman–Crippen LogP) is 2.36. The third-order valence-electron chi connectivity index (χ3n) is 8.57. The molecule has 10 heteroatoms. The van der Waals surface area contributed by atoms with Crippen LogP contribution >= 0.6 is 0 Å². The molecule has 4 aliphatic rings. The van der Waals surface area contributed by atoms with E-state index in [-0.39, 0.29) is 36.8 Å². The SMILES string of the molecule is COc1ccc(COC(=O)NN=C2C[C@@H](O)[C@@H](O)[C@@H]3[C@@H]4C(=O)N(C5CCCCC5)C(=O)[C@@H]4CC[C@H]23)cc1. The fraction of sp³-hybridized carbons (Fsp3) is 0.630. The molecule has 0 bridgehead atoms. The molecule has 0 unspecified atom stereocenters. The van der Waals surface area contributed by atoms with Gasteiger partial charge in [-0.25, -0.2) is 10.2 Å². The van der Waals surface area contributed by atoms with Crippen LogP contribution in [0, 0.1) is 23.7 Å². The number of ether oxygens (including phenoxy) is 2. The summed E-state index contributed by atoms with van der Waals surface area (Å²) in [4.78, 5) is 40.6. The maximum absolute atomic E-state index is 13.6. The molecule has 3 amide bonds. The van der Waals surface area contributed by atoms with Crippen LogP contribution in [0.2, 0.25) is 0 Å². The number of nitrogens with one attached hydrogen (secondary N) is 1. The highest BCUT2D eigenvalue weighted by molar-refractivity contribution is 6.06. The van der Waals surface area contributed by atoms with E-state index in [2.05, 4.69) is 10.5 Å². The molecule has 3 aliphatic carbocycles. The minimum absolute atomic E-state index is 0.0471. The molecule has 0 spiro atoms. The Bertz CT molecular complexity index is 1050. The maximum Gasteiger partial charge on any atom is 0.428 e. The number of methoxy groups -OCH3 is 1. The number of amides is 3. The number of nitrogens with zero attached hydrogens (tertiary/aromatic N) is 2. The number of likely N-dealkylation sites (tertiary alicyclic amines) is 1. The van der Waals surface area contributed by atoms with Gasteiger partial charge in [0.2, 0.25) is 11.8 Å². The first kappa shape index (κ1) is 25.7. The zero-order valence-corrected chi connectivity index (χ0v) is 21.0. The molecular weight excluding hydrogens is 478 g/mol. The van der Waals surface area contributed by atoms with Crippen LogP contribution in [0.25, 0.3) is 0 Å². The number of imide groups is 1. The first-order valence-electron chi connectivity index (χ1n) is 13.2. The number of carbonyl (C=O) groups is 3. The zero-order valence-electron chi connectivity index (χ0n) is 21.0. The highest BCUT2D eigenvalue weighted by atomic mass is 16.6. The van der Waals surface area contributed by atoms with Gasteiger partial charge in [0.1, 0.15) is 12.4 Å². The van der Waals surface area contributed by atoms with E-state index in [1.165, 1.54) is 4.90 Å². The van der Waals surface area contributed by atoms with Crippen LogP contribution in [0.3, 0.4) is 0 Å². The Hall–Kier alpha value is -2.98. The van der Waals surface area contributed by atoms with E-state index in [9.17, 15) is 24.6 Å². The van der Waals surface area contributed by atoms with Gasteiger partial charge in [0.15, 0.2) is 0 Å². The highest BCUT2D eigenvalue weighted by Crippen LogP contribution is 2.50. The van der Waals surface area contributed by atoms with Crippen molar-refractivity contribution >= 4 is 23.6 Å². The summed E-state index contributed by atoms with van der Waals surface area (Å²) < 4.78 is 10.4. The second-order valence-electron chi connectivity index (χ2n) is 10.6. The second-order valence-corrected chi connectivity index (χ2v) is 10.6. The van der Waals surface area contributed by atoms with E-state index < -0.39 is 36.1 Å². The van der Waals surface area contributed by atoms with Crippen molar-refractivity contribution in [3.05, 3.63) is 29.8 Å². The predicted molar refractivity (Wildman–Crippen MR) is 132 cm³/mol. The van der Waals surface area contributed by atoms with E-state index in [1.54, 1.807) is 31.4 Å². The van der Waals surface area contributed by atoms with Crippen LogP contribution in [-0.4, -0.2) is 64.1 Å². The van der Waals surface area contributed by atoms with Gasteiger partial charge < -0.3 is 19.7 Å². The molecule has 5 rings (SSSR count). The van der Waals surface area contributed by atoms with Crippen molar-refractivity contribution in [2.45, 2.75) is 76.2 Å². The first-order chi connectivity index (χ1) is 17.9. The van der Waals surface area contributed by atoms with Crippen molar-refractivity contribution in [1.82, 2.24) is 10.3 Å². The summed E-state index contributed by atoms with van der Waals surface area (Å²) in [5.74, 6) is -1.74. The third kappa shape index (κ3) is 4.96. The largest absolute Gasteiger partial charge is 0.497 e. The van der Waals surface area contributed by atoms with Crippen LogP contribution < -0.4 is 10.2 Å². The van der Waals surface area contributed by atoms with Crippen LogP contribution in [0.15, 0.2) is 29.4 Å². The van der Waals surface area contributed by atoms with Crippen LogP contribution in [0.5, 0.6) is 5.75 Å². The highest BCUT2D eigenvalue weighted by Gasteiger charge is 2.60. The Morgan fingerprint density at radius 1 is 1.03 bits per heavy atom. The van der Waals surface area contributed by atoms with E-state index in [0.717, 1.165) is 37.7 Å². The minimum Gasteiger partial charge on any atom is -0.497 e. The normalized spacial score (nSPS) is 33.2. The van der Waals surface area contributed by atoms with Crippen LogP contribution in [-0.2, 0) is 20.9 Å². The maximum atomic E-state index is 13.6. The second kappa shape index (κ2) is 10.8. The standard InChI is InChI=1S/C27H35N3O7/c1-36-17-9-7-15(8-10-17)14-37-27(35)29-28-20-13-21(31)24(32)22-18(20)11-12-19-23(22)26(34)30(25(19)33)16-5-3-2-4-6-16/h7-10,16,18-19,21-24,31-32H,2-6,11-14H2,1H3,(H,29,35)/t18-,19-,21-,22+,23-,24-/m1/s1. The average molecular weight is 514 g/mol. The molecule has 0 aromatic heterocycles. The summed E-state index contributed by atoms with van der Waals surface area (Å²) in [6, 6.07) is 7.05. The first-order valence-corrected chi connectivity index (χ1v) is 13.2. The average Bonchev–Trinajstić information content (AvgIpc) is 3.18. The molecule has 1 aromatic carbocycles. The van der Waals surface area contributed by atoms with Gasteiger partial charge in [0.25, 0.3) is 0 Å². The Morgan fingerprint density at radius 2 is 1.73 bits per heavy atom. The van der Waals surface area contributed by atoms with Gasteiger partial charge in [0, 0.05) is 30.0 Å². The molecule has 3 saturated carbocycles. The quantitative estimate of drug-likeness (QED) is 0.406. The van der Waals surface area contributed by atoms with E-state index in [4.69, 9.17) is 9.47 Å². The summed E-state index contributed by atoms with van der Waals surface area (Å²) in [7, 11) is 1.57. The van der Waals surface area contributed by atoms with Gasteiger partial charge in [-0.1, -0.05) is 31.4 Å². The molecule has 1 aromatic rings. The molecule has 1 saturated heterocycles. The molecule has 1 aliphatic heterocycles. The number of aliphatic hydroxyl groups excluding tert-OH is 2. The van der Waals surface area contributed by atoms with Gasteiger partial charge in [-0.2, -0.15) is 5.10 Å². The van der Waals surface area contributed by atoms with E-state index in [0.29, 0.717) is 24.3 Å². The molecule has 4 fully saturated rings. The van der Waals surface area contributed by atoms with Crippen molar-refractivity contribution in [2.75, 3.05) is 7.11 Å². The van der Waals surface area contributed by atoms with Crippen molar-refractivity contribution in [3.63, 3.8) is 0 Å². The molecule has 1 heterocycles. The number of fused-ring (bicyclic) bond motifs is 3. The van der Waals surface area contributed by atoms with Crippen LogP contribution in [0.4, 0.5) is 4.79 Å². The van der Waals surface area contributed by atoms with Gasteiger partial charge in [-0.3, -0.25) is 14.5 Å². The zero-order chi connectivity index (χ0) is 26.1. The Balaban J connectivity index is 1.27. The summed E-state index contributed by atoms with van der Waals surface area (Å²) in [6.07, 6.45) is 2.89. The lowest BCUT2D eigenvalue weighted by molar-refractivity contribution is -0.145. The van der Waals surface area contributed by atoms with Crippen molar-refractivity contribution in [3.8, 4) is 5.75 Å². The number of rotatable bonds is 5. The monoisotopic (exact) mass is 513 g/mol. The van der Waals surface area contributed by atoms with Crippen molar-refractivity contribution in [1.29, 1.82) is 0 Å². The fourth-order valence-electron chi connectivity index (χ4n) is 6.74. The molecule has 6 atom stereocenters. The minimum atomic E-state index is -1.14. The Kier molecular flexibility index (Phi) is 7.48. The fourth-order valence-corrected chi connectivity index (χ4v) is 6.74. The van der Waals surface area contributed by atoms with Crippen molar-refractivity contribution in [2.24, 2.45) is 28.8 Å². The van der Waals surface area contributed by atoms with Gasteiger partial charge >= 0.3 is 6.09 Å². The van der Waals surface area contributed by atoms with E-state index >= 15 is 0 Å². The number of aliphatic hydroxyl groups is 2. The van der Waals surface area contributed by atoms with Crippen molar-refractivity contribution < 1.29 is 34.1 Å². The molecule has 10 nitrogen and oxygen atoms in total.